The maximum atomic E-state index is 13.0. The van der Waals surface area contributed by atoms with Crippen molar-refractivity contribution in [3.63, 3.8) is 0 Å². The molecule has 1 aliphatic heterocycles. The SMILES string of the molecule is CCOc1ccc(N2C(=O)C(Cl)=C(Nc3cccc(C(=O)Nc4cc(Cl)ccc4C)c3)C2=O)cc1. The lowest BCUT2D eigenvalue weighted by molar-refractivity contribution is -0.120. The zero-order valence-corrected chi connectivity index (χ0v) is 20.4. The van der Waals surface area contributed by atoms with Crippen LogP contribution in [0.1, 0.15) is 22.8 Å². The second-order valence-electron chi connectivity index (χ2n) is 7.68. The number of aryl methyl sites for hydroxylation is 1. The molecule has 3 aromatic rings. The van der Waals surface area contributed by atoms with Gasteiger partial charge in [-0.15, -0.1) is 0 Å². The molecule has 0 saturated heterocycles. The van der Waals surface area contributed by atoms with Gasteiger partial charge in [0, 0.05) is 22.0 Å². The molecule has 0 atom stereocenters. The van der Waals surface area contributed by atoms with Crippen molar-refractivity contribution in [3.05, 3.63) is 93.6 Å². The first-order valence-corrected chi connectivity index (χ1v) is 11.5. The smallest absolute Gasteiger partial charge is 0.283 e. The average molecular weight is 510 g/mol. The van der Waals surface area contributed by atoms with Gasteiger partial charge >= 0.3 is 0 Å². The average Bonchev–Trinajstić information content (AvgIpc) is 3.05. The number of rotatable bonds is 7. The summed E-state index contributed by atoms with van der Waals surface area (Å²) in [6, 6.07) is 18.3. The normalized spacial score (nSPS) is 13.3. The van der Waals surface area contributed by atoms with E-state index < -0.39 is 11.8 Å². The lowest BCUT2D eigenvalue weighted by atomic mass is 10.1. The van der Waals surface area contributed by atoms with E-state index in [0.717, 1.165) is 10.5 Å². The standard InChI is InChI=1S/C26H21Cl2N3O4/c1-3-35-20-11-9-19(10-12-20)31-25(33)22(28)23(26(31)34)29-18-6-4-5-16(13-18)24(32)30-21-14-17(27)8-7-15(21)2/h4-14,29H,3H2,1-2H3,(H,30,32). The summed E-state index contributed by atoms with van der Waals surface area (Å²) in [5, 5.41) is 5.98. The third kappa shape index (κ3) is 5.16. The topological polar surface area (TPSA) is 87.7 Å². The van der Waals surface area contributed by atoms with E-state index in [2.05, 4.69) is 10.6 Å². The van der Waals surface area contributed by atoms with Crippen molar-refractivity contribution >= 4 is 58.0 Å². The van der Waals surface area contributed by atoms with E-state index in [1.807, 2.05) is 19.9 Å². The molecule has 178 valence electrons. The molecule has 35 heavy (non-hydrogen) atoms. The number of benzene rings is 3. The second-order valence-corrected chi connectivity index (χ2v) is 8.50. The fourth-order valence-electron chi connectivity index (χ4n) is 3.51. The summed E-state index contributed by atoms with van der Waals surface area (Å²) in [4.78, 5) is 39.6. The van der Waals surface area contributed by atoms with Crippen LogP contribution in [0.4, 0.5) is 17.1 Å². The number of anilines is 3. The van der Waals surface area contributed by atoms with Crippen LogP contribution in [0, 0.1) is 6.92 Å². The maximum absolute atomic E-state index is 13.0. The lowest BCUT2D eigenvalue weighted by Crippen LogP contribution is -2.32. The summed E-state index contributed by atoms with van der Waals surface area (Å²) in [5.74, 6) is -0.984. The van der Waals surface area contributed by atoms with Gasteiger partial charge in [-0.05, 0) is 74.0 Å². The Kier molecular flexibility index (Phi) is 7.10. The summed E-state index contributed by atoms with van der Waals surface area (Å²) in [6.07, 6.45) is 0. The Hall–Kier alpha value is -3.81. The van der Waals surface area contributed by atoms with E-state index in [4.69, 9.17) is 27.9 Å². The number of imide groups is 1. The highest BCUT2D eigenvalue weighted by Gasteiger charge is 2.39. The second kappa shape index (κ2) is 10.2. The number of ether oxygens (including phenoxy) is 1. The van der Waals surface area contributed by atoms with Crippen LogP contribution in [0.2, 0.25) is 5.02 Å². The largest absolute Gasteiger partial charge is 0.494 e. The zero-order valence-electron chi connectivity index (χ0n) is 18.9. The van der Waals surface area contributed by atoms with Crippen molar-refractivity contribution in [2.75, 3.05) is 22.1 Å². The van der Waals surface area contributed by atoms with Crippen LogP contribution in [-0.2, 0) is 9.59 Å². The Morgan fingerprint density at radius 3 is 2.43 bits per heavy atom. The van der Waals surface area contributed by atoms with E-state index in [1.165, 1.54) is 0 Å². The molecule has 0 fully saturated rings. The summed E-state index contributed by atoms with van der Waals surface area (Å²) >= 11 is 12.3. The van der Waals surface area contributed by atoms with E-state index in [9.17, 15) is 14.4 Å². The van der Waals surface area contributed by atoms with Gasteiger partial charge in [0.25, 0.3) is 17.7 Å². The van der Waals surface area contributed by atoms with Gasteiger partial charge in [-0.1, -0.05) is 35.3 Å². The molecule has 1 heterocycles. The van der Waals surface area contributed by atoms with Gasteiger partial charge in [0.1, 0.15) is 16.5 Å². The van der Waals surface area contributed by atoms with Crippen molar-refractivity contribution in [3.8, 4) is 5.75 Å². The van der Waals surface area contributed by atoms with Crippen molar-refractivity contribution in [2.24, 2.45) is 0 Å². The minimum atomic E-state index is -0.645. The number of hydrogen-bond acceptors (Lipinski definition) is 5. The highest BCUT2D eigenvalue weighted by molar-refractivity contribution is 6.53. The maximum Gasteiger partial charge on any atom is 0.283 e. The fraction of sp³-hybridized carbons (Fsp3) is 0.115. The lowest BCUT2D eigenvalue weighted by Gasteiger charge is -2.16. The molecule has 0 radical (unpaired) electrons. The van der Waals surface area contributed by atoms with Gasteiger partial charge in [0.15, 0.2) is 0 Å². The molecule has 1 aliphatic rings. The minimum absolute atomic E-state index is 0.0752. The molecule has 0 saturated carbocycles. The first kappa shape index (κ1) is 24.3. The first-order chi connectivity index (χ1) is 16.8. The summed E-state index contributed by atoms with van der Waals surface area (Å²) in [6.45, 7) is 4.22. The fourth-order valence-corrected chi connectivity index (χ4v) is 3.89. The Balaban J connectivity index is 1.52. The number of carbonyl (C=O) groups is 3. The van der Waals surface area contributed by atoms with Gasteiger partial charge in [0.05, 0.1) is 12.3 Å². The van der Waals surface area contributed by atoms with Crippen LogP contribution >= 0.6 is 23.2 Å². The van der Waals surface area contributed by atoms with Gasteiger partial charge in [-0.3, -0.25) is 14.4 Å². The minimum Gasteiger partial charge on any atom is -0.494 e. The van der Waals surface area contributed by atoms with E-state index in [1.54, 1.807) is 60.7 Å². The molecule has 7 nitrogen and oxygen atoms in total. The van der Waals surface area contributed by atoms with Crippen LogP contribution in [0.3, 0.4) is 0 Å². The van der Waals surface area contributed by atoms with Crippen molar-refractivity contribution in [1.29, 1.82) is 0 Å². The number of carbonyl (C=O) groups excluding carboxylic acids is 3. The van der Waals surface area contributed by atoms with Crippen LogP contribution < -0.4 is 20.3 Å². The molecule has 2 N–H and O–H groups in total. The van der Waals surface area contributed by atoms with Crippen LogP contribution in [0.5, 0.6) is 5.75 Å². The van der Waals surface area contributed by atoms with Crippen LogP contribution in [0.25, 0.3) is 0 Å². The monoisotopic (exact) mass is 509 g/mol. The Labute approximate surface area is 212 Å². The van der Waals surface area contributed by atoms with Crippen molar-refractivity contribution in [1.82, 2.24) is 0 Å². The third-order valence-electron chi connectivity index (χ3n) is 5.28. The molecule has 9 heteroatoms. The zero-order chi connectivity index (χ0) is 25.1. The molecule has 3 aromatic carbocycles. The number of nitrogens with zero attached hydrogens (tertiary/aromatic N) is 1. The number of amides is 3. The van der Waals surface area contributed by atoms with Crippen molar-refractivity contribution in [2.45, 2.75) is 13.8 Å². The highest BCUT2D eigenvalue weighted by Crippen LogP contribution is 2.31. The summed E-state index contributed by atoms with van der Waals surface area (Å²) in [7, 11) is 0. The Morgan fingerprint density at radius 1 is 0.971 bits per heavy atom. The number of nitrogens with one attached hydrogen (secondary N) is 2. The molecule has 0 unspecified atom stereocenters. The molecule has 3 amide bonds. The molecule has 4 rings (SSSR count). The Bertz CT molecular complexity index is 1350. The molecule has 0 aliphatic carbocycles. The summed E-state index contributed by atoms with van der Waals surface area (Å²) < 4.78 is 5.40. The van der Waals surface area contributed by atoms with Crippen LogP contribution in [-0.4, -0.2) is 24.3 Å². The number of hydrogen-bond donors (Lipinski definition) is 2. The van der Waals surface area contributed by atoms with Crippen molar-refractivity contribution < 1.29 is 19.1 Å². The summed E-state index contributed by atoms with van der Waals surface area (Å²) in [5.41, 5.74) is 2.50. The van der Waals surface area contributed by atoms with Gasteiger partial charge in [-0.25, -0.2) is 4.90 Å². The van der Waals surface area contributed by atoms with Gasteiger partial charge in [0.2, 0.25) is 0 Å². The van der Waals surface area contributed by atoms with E-state index >= 15 is 0 Å². The Morgan fingerprint density at radius 2 is 1.71 bits per heavy atom. The molecular weight excluding hydrogens is 489 g/mol. The quantitative estimate of drug-likeness (QED) is 0.396. The van der Waals surface area contributed by atoms with Crippen LogP contribution in [0.15, 0.2) is 77.5 Å². The van der Waals surface area contributed by atoms with E-state index in [0.29, 0.717) is 40.0 Å². The van der Waals surface area contributed by atoms with Gasteiger partial charge < -0.3 is 15.4 Å². The highest BCUT2D eigenvalue weighted by atomic mass is 35.5. The molecule has 0 bridgehead atoms. The molecular formula is C26H21Cl2N3O4. The predicted octanol–water partition coefficient (Wildman–Crippen LogP) is 5.74. The third-order valence-corrected chi connectivity index (χ3v) is 5.86. The molecule has 0 spiro atoms. The molecule has 0 aromatic heterocycles. The predicted molar refractivity (Wildman–Crippen MR) is 137 cm³/mol. The number of halogens is 2. The van der Waals surface area contributed by atoms with Gasteiger partial charge in [-0.2, -0.15) is 0 Å². The van der Waals surface area contributed by atoms with E-state index in [-0.39, 0.29) is 16.6 Å². The first-order valence-electron chi connectivity index (χ1n) is 10.7.